The molecule has 3 rings (SSSR count). The van der Waals surface area contributed by atoms with Crippen LogP contribution in [0.5, 0.6) is 0 Å². The first-order valence-electron chi connectivity index (χ1n) is 12.4. The molecule has 3 aromatic rings. The van der Waals surface area contributed by atoms with Gasteiger partial charge in [0.05, 0.1) is 0 Å². The van der Waals surface area contributed by atoms with Gasteiger partial charge in [-0.2, -0.15) is 0 Å². The molecule has 0 aliphatic rings. The molecule has 0 atom stereocenters. The Morgan fingerprint density at radius 2 is 0.950 bits per heavy atom. The Kier molecular flexibility index (Phi) is 9.73. The van der Waals surface area contributed by atoms with Gasteiger partial charge in [0, 0.05) is 59.7 Å². The molecule has 0 heterocycles. The minimum atomic E-state index is -0.311. The topological polar surface area (TPSA) is 211 Å². The van der Waals surface area contributed by atoms with Crippen molar-refractivity contribution in [3.05, 3.63) is 113 Å². The zero-order valence-electron chi connectivity index (χ0n) is 22.0. The van der Waals surface area contributed by atoms with E-state index in [9.17, 15) is 9.59 Å². The van der Waals surface area contributed by atoms with E-state index in [0.717, 1.165) is 5.56 Å². The van der Waals surface area contributed by atoms with E-state index in [2.05, 4.69) is 17.2 Å². The fourth-order valence-corrected chi connectivity index (χ4v) is 3.79. The van der Waals surface area contributed by atoms with Gasteiger partial charge >= 0.3 is 0 Å². The van der Waals surface area contributed by atoms with E-state index < -0.39 is 0 Å². The van der Waals surface area contributed by atoms with E-state index in [-0.39, 0.29) is 42.4 Å². The van der Waals surface area contributed by atoms with Crippen molar-refractivity contribution in [2.75, 3.05) is 26.2 Å². The molecule has 0 bridgehead atoms. The first kappa shape index (κ1) is 29.1. The third kappa shape index (κ3) is 7.78. The lowest BCUT2D eigenvalue weighted by molar-refractivity contribution is 0.0751. The van der Waals surface area contributed by atoms with Crippen LogP contribution in [0, 0.1) is 16.2 Å². The Labute approximate surface area is 232 Å². The summed E-state index contributed by atoms with van der Waals surface area (Å²) in [5, 5.41) is 28.6. The van der Waals surface area contributed by atoms with Crippen LogP contribution < -0.4 is 27.8 Å². The van der Waals surface area contributed by atoms with Crippen molar-refractivity contribution in [2.45, 2.75) is 0 Å². The number of nitrogens with zero attached hydrogens (tertiary/aromatic N) is 1. The first-order valence-corrected chi connectivity index (χ1v) is 12.4. The molecular formula is C29H33N9O2. The molecule has 0 aliphatic heterocycles. The fourth-order valence-electron chi connectivity index (χ4n) is 3.79. The second kappa shape index (κ2) is 13.4. The molecule has 0 radical (unpaired) electrons. The molecule has 40 heavy (non-hydrogen) atoms. The highest BCUT2D eigenvalue weighted by Gasteiger charge is 2.17. The quantitative estimate of drug-likeness (QED) is 0.119. The fraction of sp³-hybridized carbons (Fsp3) is 0.138. The number of amidine groups is 3. The molecule has 11 N–H and O–H groups in total. The van der Waals surface area contributed by atoms with Crippen LogP contribution in [0.3, 0.4) is 0 Å². The summed E-state index contributed by atoms with van der Waals surface area (Å²) >= 11 is 0. The van der Waals surface area contributed by atoms with E-state index in [1.165, 1.54) is 0 Å². The second-order valence-corrected chi connectivity index (χ2v) is 8.93. The minimum Gasteiger partial charge on any atom is -0.384 e. The van der Waals surface area contributed by atoms with Crippen molar-refractivity contribution < 1.29 is 9.59 Å². The third-order valence-electron chi connectivity index (χ3n) is 6.12. The highest BCUT2D eigenvalue weighted by Crippen LogP contribution is 2.12. The van der Waals surface area contributed by atoms with E-state index in [0.29, 0.717) is 46.6 Å². The Balaban J connectivity index is 1.64. The summed E-state index contributed by atoms with van der Waals surface area (Å²) in [4.78, 5) is 27.5. The Hall–Kier alpha value is -5.45. The molecule has 11 nitrogen and oxygen atoms in total. The van der Waals surface area contributed by atoms with Gasteiger partial charge in [-0.3, -0.25) is 25.8 Å². The molecular weight excluding hydrogens is 506 g/mol. The summed E-state index contributed by atoms with van der Waals surface area (Å²) in [6, 6.07) is 19.9. The SMILES string of the molecule is C=C(NCCN(CCNC(=O)c1ccc(C(=N)N)cc1)C(=O)c1ccc(C(=N)N)cc1)c1ccc(C(=N)N)cc1. The van der Waals surface area contributed by atoms with Crippen LogP contribution in [0.4, 0.5) is 0 Å². The van der Waals surface area contributed by atoms with Crippen molar-refractivity contribution in [1.82, 2.24) is 15.5 Å². The number of nitrogen functional groups attached to an aromatic ring is 3. The molecule has 0 saturated carbocycles. The number of hydrogen-bond acceptors (Lipinski definition) is 6. The number of benzene rings is 3. The lowest BCUT2D eigenvalue weighted by atomic mass is 10.1. The summed E-state index contributed by atoms with van der Waals surface area (Å²) in [5.74, 6) is -0.742. The van der Waals surface area contributed by atoms with Crippen LogP contribution in [-0.2, 0) is 0 Å². The van der Waals surface area contributed by atoms with Gasteiger partial charge < -0.3 is 32.7 Å². The zero-order valence-corrected chi connectivity index (χ0v) is 22.0. The summed E-state index contributed by atoms with van der Waals surface area (Å²) in [7, 11) is 0. The molecule has 3 aromatic carbocycles. The van der Waals surface area contributed by atoms with E-state index in [1.54, 1.807) is 65.6 Å². The first-order chi connectivity index (χ1) is 19.1. The van der Waals surface area contributed by atoms with Crippen LogP contribution in [0.2, 0.25) is 0 Å². The lowest BCUT2D eigenvalue weighted by Gasteiger charge is -2.24. The molecule has 0 spiro atoms. The van der Waals surface area contributed by atoms with Crippen molar-refractivity contribution >= 4 is 35.0 Å². The van der Waals surface area contributed by atoms with Gasteiger partial charge in [-0.25, -0.2) is 0 Å². The molecule has 0 fully saturated rings. The third-order valence-corrected chi connectivity index (χ3v) is 6.12. The molecule has 0 aliphatic carbocycles. The zero-order chi connectivity index (χ0) is 29.2. The number of hydrogen-bond donors (Lipinski definition) is 8. The predicted molar refractivity (Wildman–Crippen MR) is 158 cm³/mol. The van der Waals surface area contributed by atoms with Gasteiger partial charge in [0.2, 0.25) is 0 Å². The van der Waals surface area contributed by atoms with Crippen molar-refractivity contribution in [2.24, 2.45) is 17.2 Å². The number of amides is 2. The molecule has 2 amide bonds. The van der Waals surface area contributed by atoms with Crippen LogP contribution >= 0.6 is 0 Å². The van der Waals surface area contributed by atoms with Crippen molar-refractivity contribution in [1.29, 1.82) is 16.2 Å². The minimum absolute atomic E-state index is 0.0178. The van der Waals surface area contributed by atoms with Gasteiger partial charge in [0.15, 0.2) is 0 Å². The van der Waals surface area contributed by atoms with Crippen LogP contribution in [0.15, 0.2) is 79.4 Å². The van der Waals surface area contributed by atoms with Gasteiger partial charge in [0.25, 0.3) is 11.8 Å². The molecule has 0 unspecified atom stereocenters. The number of nitrogens with one attached hydrogen (secondary N) is 5. The normalized spacial score (nSPS) is 10.3. The van der Waals surface area contributed by atoms with E-state index >= 15 is 0 Å². The van der Waals surface area contributed by atoms with Crippen LogP contribution in [0.1, 0.15) is 43.0 Å². The van der Waals surface area contributed by atoms with Crippen molar-refractivity contribution in [3.63, 3.8) is 0 Å². The van der Waals surface area contributed by atoms with Crippen LogP contribution in [-0.4, -0.2) is 60.4 Å². The maximum Gasteiger partial charge on any atom is 0.253 e. The maximum absolute atomic E-state index is 13.3. The molecule has 11 heteroatoms. The second-order valence-electron chi connectivity index (χ2n) is 8.93. The van der Waals surface area contributed by atoms with E-state index in [4.69, 9.17) is 33.4 Å². The smallest absolute Gasteiger partial charge is 0.253 e. The molecule has 206 valence electrons. The number of nitrogens with two attached hydrogens (primary N) is 3. The largest absolute Gasteiger partial charge is 0.384 e. The molecule has 0 saturated heterocycles. The highest BCUT2D eigenvalue weighted by atomic mass is 16.2. The lowest BCUT2D eigenvalue weighted by Crippen LogP contribution is -2.41. The monoisotopic (exact) mass is 539 g/mol. The predicted octanol–water partition coefficient (Wildman–Crippen LogP) is 1.67. The van der Waals surface area contributed by atoms with Gasteiger partial charge in [-0.05, 0) is 29.8 Å². The molecule has 0 aromatic heterocycles. The van der Waals surface area contributed by atoms with Gasteiger partial charge in [-0.1, -0.05) is 55.1 Å². The summed E-state index contributed by atoms with van der Waals surface area (Å²) in [6.07, 6.45) is 0. The maximum atomic E-state index is 13.3. The average Bonchev–Trinajstić information content (AvgIpc) is 2.95. The standard InChI is InChI=1S/C29H33N9O2/c1-18(19-2-4-20(5-3-19)25(30)31)36-14-16-38(29(40)24-12-8-22(9-13-24)27(34)35)17-15-37-28(39)23-10-6-21(7-11-23)26(32)33/h2-13,36H,1,14-17H2,(H3,30,31)(H3,32,33)(H3,34,35)(H,37,39). The Bertz CT molecular complexity index is 1340. The Morgan fingerprint density at radius 1 is 0.600 bits per heavy atom. The summed E-state index contributed by atoms with van der Waals surface area (Å²) in [6.45, 7) is 5.21. The van der Waals surface area contributed by atoms with Gasteiger partial charge in [-0.15, -0.1) is 0 Å². The highest BCUT2D eigenvalue weighted by molar-refractivity contribution is 5.99. The summed E-state index contributed by atoms with van der Waals surface area (Å²) < 4.78 is 0. The number of carbonyl (C=O) groups is 2. The average molecular weight is 540 g/mol. The van der Waals surface area contributed by atoms with Gasteiger partial charge in [0.1, 0.15) is 17.5 Å². The van der Waals surface area contributed by atoms with Crippen LogP contribution in [0.25, 0.3) is 5.70 Å². The Morgan fingerprint density at radius 3 is 1.38 bits per heavy atom. The van der Waals surface area contributed by atoms with E-state index in [1.807, 2.05) is 12.1 Å². The summed E-state index contributed by atoms with van der Waals surface area (Å²) in [5.41, 5.74) is 20.5. The van der Waals surface area contributed by atoms with Crippen molar-refractivity contribution in [3.8, 4) is 0 Å². The number of rotatable bonds is 13. The number of carbonyl (C=O) groups excluding carboxylic acids is 2.